The Hall–Kier alpha value is -1.43. The van der Waals surface area contributed by atoms with Crippen molar-refractivity contribution in [2.75, 3.05) is 11.9 Å². The van der Waals surface area contributed by atoms with Crippen LogP contribution in [-0.2, 0) is 9.59 Å². The van der Waals surface area contributed by atoms with E-state index in [1.165, 1.54) is 11.3 Å². The molecule has 6 heteroatoms. The van der Waals surface area contributed by atoms with E-state index in [4.69, 9.17) is 0 Å². The Labute approximate surface area is 130 Å². The SMILES string of the molecule is CCCCC(=O)N(CC(=O)Nc1nc(C)c(C)s1)C(C)C. The number of amides is 2. The number of carbonyl (C=O) groups excluding carboxylic acids is 2. The van der Waals surface area contributed by atoms with Crippen LogP contribution >= 0.6 is 11.3 Å². The van der Waals surface area contributed by atoms with E-state index < -0.39 is 0 Å². The zero-order valence-corrected chi connectivity index (χ0v) is 14.3. The molecule has 1 aromatic rings. The fourth-order valence-electron chi connectivity index (χ4n) is 1.87. The van der Waals surface area contributed by atoms with Crippen LogP contribution in [0.15, 0.2) is 0 Å². The van der Waals surface area contributed by atoms with Gasteiger partial charge in [0.2, 0.25) is 11.8 Å². The molecule has 1 aromatic heterocycles. The zero-order chi connectivity index (χ0) is 16.0. The monoisotopic (exact) mass is 311 g/mol. The maximum absolute atomic E-state index is 12.1. The Balaban J connectivity index is 2.62. The smallest absolute Gasteiger partial charge is 0.245 e. The summed E-state index contributed by atoms with van der Waals surface area (Å²) in [5.74, 6) is -0.157. The minimum atomic E-state index is -0.192. The van der Waals surface area contributed by atoms with Gasteiger partial charge in [0.25, 0.3) is 0 Å². The number of rotatable bonds is 7. The number of unbranched alkanes of at least 4 members (excludes halogenated alkanes) is 1. The second-order valence-electron chi connectivity index (χ2n) is 5.43. The first-order valence-corrected chi connectivity index (χ1v) is 8.20. The molecule has 0 aliphatic rings. The first-order valence-electron chi connectivity index (χ1n) is 7.38. The van der Waals surface area contributed by atoms with Crippen molar-refractivity contribution < 1.29 is 9.59 Å². The normalized spacial score (nSPS) is 10.8. The van der Waals surface area contributed by atoms with E-state index in [0.29, 0.717) is 11.6 Å². The van der Waals surface area contributed by atoms with Crippen molar-refractivity contribution in [2.45, 2.75) is 59.9 Å². The first kappa shape index (κ1) is 17.6. The molecule has 0 radical (unpaired) electrons. The highest BCUT2D eigenvalue weighted by atomic mass is 32.1. The summed E-state index contributed by atoms with van der Waals surface area (Å²) in [6, 6.07) is 0.0138. The van der Waals surface area contributed by atoms with Gasteiger partial charge in [-0.15, -0.1) is 11.3 Å². The Morgan fingerprint density at radius 3 is 2.48 bits per heavy atom. The summed E-state index contributed by atoms with van der Waals surface area (Å²) in [7, 11) is 0. The Morgan fingerprint density at radius 1 is 1.33 bits per heavy atom. The van der Waals surface area contributed by atoms with Gasteiger partial charge >= 0.3 is 0 Å². The highest BCUT2D eigenvalue weighted by Crippen LogP contribution is 2.21. The van der Waals surface area contributed by atoms with Crippen LogP contribution < -0.4 is 5.32 Å². The minimum absolute atomic E-state index is 0.0138. The van der Waals surface area contributed by atoms with Gasteiger partial charge in [-0.25, -0.2) is 4.98 Å². The molecule has 5 nitrogen and oxygen atoms in total. The van der Waals surface area contributed by atoms with Crippen LogP contribution in [0.5, 0.6) is 0 Å². The van der Waals surface area contributed by atoms with Crippen molar-refractivity contribution in [3.63, 3.8) is 0 Å². The van der Waals surface area contributed by atoms with Gasteiger partial charge in [0, 0.05) is 17.3 Å². The second-order valence-corrected chi connectivity index (χ2v) is 6.63. The molecule has 118 valence electrons. The van der Waals surface area contributed by atoms with E-state index >= 15 is 0 Å². The average Bonchev–Trinajstić information content (AvgIpc) is 2.71. The Kier molecular flexibility index (Phi) is 6.81. The molecule has 1 heterocycles. The van der Waals surface area contributed by atoms with Gasteiger partial charge in [0.1, 0.15) is 6.54 Å². The third-order valence-electron chi connectivity index (χ3n) is 3.28. The number of nitrogens with zero attached hydrogens (tertiary/aromatic N) is 2. The van der Waals surface area contributed by atoms with Crippen LogP contribution in [0, 0.1) is 13.8 Å². The summed E-state index contributed by atoms with van der Waals surface area (Å²) in [5.41, 5.74) is 0.926. The van der Waals surface area contributed by atoms with Crippen molar-refractivity contribution in [1.29, 1.82) is 0 Å². The highest BCUT2D eigenvalue weighted by Gasteiger charge is 2.20. The molecular weight excluding hydrogens is 286 g/mol. The molecule has 1 rings (SSSR count). The fourth-order valence-corrected chi connectivity index (χ4v) is 2.70. The second kappa shape index (κ2) is 8.12. The van der Waals surface area contributed by atoms with Crippen LogP contribution in [-0.4, -0.2) is 34.3 Å². The highest BCUT2D eigenvalue weighted by molar-refractivity contribution is 7.15. The molecule has 0 atom stereocenters. The van der Waals surface area contributed by atoms with Crippen LogP contribution in [0.4, 0.5) is 5.13 Å². The van der Waals surface area contributed by atoms with E-state index in [9.17, 15) is 9.59 Å². The summed E-state index contributed by atoms with van der Waals surface area (Å²) in [6.45, 7) is 9.86. The summed E-state index contributed by atoms with van der Waals surface area (Å²) in [5, 5.41) is 3.37. The van der Waals surface area contributed by atoms with Crippen molar-refractivity contribution in [1.82, 2.24) is 9.88 Å². The Morgan fingerprint density at radius 2 is 2.00 bits per heavy atom. The van der Waals surface area contributed by atoms with Gasteiger partial charge in [-0.05, 0) is 34.1 Å². The van der Waals surface area contributed by atoms with Gasteiger partial charge in [0.15, 0.2) is 5.13 Å². The van der Waals surface area contributed by atoms with Crippen molar-refractivity contribution in [3.05, 3.63) is 10.6 Å². The number of aromatic nitrogens is 1. The molecule has 1 N–H and O–H groups in total. The number of hydrogen-bond acceptors (Lipinski definition) is 4. The van der Waals surface area contributed by atoms with Crippen molar-refractivity contribution in [2.24, 2.45) is 0 Å². The van der Waals surface area contributed by atoms with Gasteiger partial charge in [-0.3, -0.25) is 9.59 Å². The van der Waals surface area contributed by atoms with Crippen LogP contribution in [0.1, 0.15) is 50.6 Å². The van der Waals surface area contributed by atoms with Gasteiger partial charge < -0.3 is 10.2 Å². The van der Waals surface area contributed by atoms with Gasteiger partial charge in [-0.2, -0.15) is 0 Å². The zero-order valence-electron chi connectivity index (χ0n) is 13.5. The van der Waals surface area contributed by atoms with Gasteiger partial charge in [-0.1, -0.05) is 13.3 Å². The van der Waals surface area contributed by atoms with Crippen LogP contribution in [0.2, 0.25) is 0 Å². The lowest BCUT2D eigenvalue weighted by Crippen LogP contribution is -2.42. The molecule has 0 saturated heterocycles. The molecule has 0 fully saturated rings. The van der Waals surface area contributed by atoms with Crippen molar-refractivity contribution in [3.8, 4) is 0 Å². The first-order chi connectivity index (χ1) is 9.85. The molecule has 0 spiro atoms. The maximum atomic E-state index is 12.1. The maximum Gasteiger partial charge on any atom is 0.245 e. The molecule has 0 saturated carbocycles. The van der Waals surface area contributed by atoms with Crippen LogP contribution in [0.3, 0.4) is 0 Å². The molecular formula is C15H25N3O2S. The number of thiazole rings is 1. The van der Waals surface area contributed by atoms with Crippen LogP contribution in [0.25, 0.3) is 0 Å². The van der Waals surface area contributed by atoms with E-state index in [-0.39, 0.29) is 24.4 Å². The Bertz CT molecular complexity index is 478. The summed E-state index contributed by atoms with van der Waals surface area (Å²) < 4.78 is 0. The minimum Gasteiger partial charge on any atom is -0.331 e. The number of carbonyl (C=O) groups is 2. The molecule has 2 amide bonds. The number of hydrogen-bond donors (Lipinski definition) is 1. The molecule has 0 unspecified atom stereocenters. The lowest BCUT2D eigenvalue weighted by molar-refractivity contribution is -0.136. The molecule has 0 aromatic carbocycles. The lowest BCUT2D eigenvalue weighted by Gasteiger charge is -2.26. The fraction of sp³-hybridized carbons (Fsp3) is 0.667. The van der Waals surface area contributed by atoms with E-state index in [0.717, 1.165) is 23.4 Å². The van der Waals surface area contributed by atoms with E-state index in [1.54, 1.807) is 4.90 Å². The predicted octanol–water partition coefficient (Wildman–Crippen LogP) is 3.13. The molecule has 0 aliphatic heterocycles. The van der Waals surface area contributed by atoms with Crippen molar-refractivity contribution >= 4 is 28.3 Å². The number of nitrogens with one attached hydrogen (secondary N) is 1. The summed E-state index contributed by atoms with van der Waals surface area (Å²) >= 11 is 1.45. The van der Waals surface area contributed by atoms with Gasteiger partial charge in [0.05, 0.1) is 5.69 Å². The topological polar surface area (TPSA) is 62.3 Å². The third kappa shape index (κ3) is 5.46. The van der Waals surface area contributed by atoms with E-state index in [1.807, 2.05) is 34.6 Å². The number of aryl methyl sites for hydroxylation is 2. The molecule has 0 bridgehead atoms. The van der Waals surface area contributed by atoms with E-state index in [2.05, 4.69) is 10.3 Å². The molecule has 21 heavy (non-hydrogen) atoms. The predicted molar refractivity (Wildman–Crippen MR) is 86.6 cm³/mol. The number of anilines is 1. The lowest BCUT2D eigenvalue weighted by atomic mass is 10.2. The summed E-state index contributed by atoms with van der Waals surface area (Å²) in [4.78, 5) is 31.2. The largest absolute Gasteiger partial charge is 0.331 e. The molecule has 0 aliphatic carbocycles. The summed E-state index contributed by atoms with van der Waals surface area (Å²) in [6.07, 6.45) is 2.33. The third-order valence-corrected chi connectivity index (χ3v) is 4.27. The average molecular weight is 311 g/mol. The standard InChI is InChI=1S/C15H25N3O2S/c1-6-7-8-14(20)18(10(2)3)9-13(19)17-15-16-11(4)12(5)21-15/h10H,6-9H2,1-5H3,(H,16,17,19). The quantitative estimate of drug-likeness (QED) is 0.841.